The number of hydrogen-bond donors (Lipinski definition) is 0. The zero-order valence-corrected chi connectivity index (χ0v) is 15.6. The van der Waals surface area contributed by atoms with Crippen LogP contribution in [0, 0.1) is 6.92 Å². The van der Waals surface area contributed by atoms with Crippen molar-refractivity contribution in [2.24, 2.45) is 0 Å². The summed E-state index contributed by atoms with van der Waals surface area (Å²) >= 11 is 6.00. The van der Waals surface area contributed by atoms with Crippen LogP contribution in [0.25, 0.3) is 28.0 Å². The summed E-state index contributed by atoms with van der Waals surface area (Å²) in [6.07, 6.45) is 1.69. The Balaban J connectivity index is 1.97. The molecule has 0 radical (unpaired) electrons. The van der Waals surface area contributed by atoms with Gasteiger partial charge in [0.25, 0.3) is 0 Å². The minimum absolute atomic E-state index is 0.318. The average Bonchev–Trinajstić information content (AvgIpc) is 3.12. The molecule has 6 heteroatoms. The highest BCUT2D eigenvalue weighted by Gasteiger charge is 2.18. The molecule has 0 unspecified atom stereocenters. The zero-order valence-electron chi connectivity index (χ0n) is 14.8. The van der Waals surface area contributed by atoms with E-state index in [1.165, 1.54) is 11.6 Å². The summed E-state index contributed by atoms with van der Waals surface area (Å²) in [7, 11) is 1.35. The van der Waals surface area contributed by atoms with Gasteiger partial charge in [0.1, 0.15) is 0 Å². The predicted molar refractivity (Wildman–Crippen MR) is 105 cm³/mol. The standard InChI is InChI=1S/C21H16ClN3O2/c1-13-3-5-15(6-4-13)18-11-19(21(26)27-2)25-20(24-18)17(12-23-25)14-7-9-16(22)10-8-14/h3-12H,1-2H3. The normalized spacial score (nSPS) is 10.9. The molecule has 2 aromatic heterocycles. The fourth-order valence-corrected chi connectivity index (χ4v) is 3.04. The number of aromatic nitrogens is 3. The molecule has 5 nitrogen and oxygen atoms in total. The van der Waals surface area contributed by atoms with Crippen LogP contribution in [0.5, 0.6) is 0 Å². The van der Waals surface area contributed by atoms with E-state index in [2.05, 4.69) is 5.10 Å². The number of carbonyl (C=O) groups is 1. The first kappa shape index (κ1) is 17.2. The molecule has 0 saturated heterocycles. The Bertz CT molecular complexity index is 1130. The molecule has 0 bridgehead atoms. The number of ether oxygens (including phenoxy) is 1. The van der Waals surface area contributed by atoms with Crippen LogP contribution < -0.4 is 0 Å². The highest BCUT2D eigenvalue weighted by Crippen LogP contribution is 2.28. The Hall–Kier alpha value is -3.18. The Kier molecular flexibility index (Phi) is 4.38. The summed E-state index contributed by atoms with van der Waals surface area (Å²) in [5.74, 6) is -0.471. The summed E-state index contributed by atoms with van der Waals surface area (Å²) in [5.41, 5.74) is 5.37. The number of fused-ring (bicyclic) bond motifs is 1. The maximum Gasteiger partial charge on any atom is 0.356 e. The van der Waals surface area contributed by atoms with Gasteiger partial charge in [0.05, 0.1) is 19.0 Å². The second-order valence-electron chi connectivity index (χ2n) is 6.18. The van der Waals surface area contributed by atoms with Crippen molar-refractivity contribution in [1.29, 1.82) is 0 Å². The summed E-state index contributed by atoms with van der Waals surface area (Å²) in [4.78, 5) is 17.1. The molecule has 0 atom stereocenters. The quantitative estimate of drug-likeness (QED) is 0.481. The van der Waals surface area contributed by atoms with E-state index in [1.807, 2.05) is 55.5 Å². The third-order valence-corrected chi connectivity index (χ3v) is 4.62. The van der Waals surface area contributed by atoms with Gasteiger partial charge in [0, 0.05) is 16.1 Å². The van der Waals surface area contributed by atoms with Gasteiger partial charge in [-0.2, -0.15) is 5.10 Å². The fourth-order valence-electron chi connectivity index (χ4n) is 2.92. The number of aryl methyl sites for hydroxylation is 1. The molecule has 2 aromatic carbocycles. The van der Waals surface area contributed by atoms with Crippen molar-refractivity contribution in [1.82, 2.24) is 14.6 Å². The van der Waals surface area contributed by atoms with Crippen molar-refractivity contribution in [2.45, 2.75) is 6.92 Å². The molecule has 2 heterocycles. The highest BCUT2D eigenvalue weighted by molar-refractivity contribution is 6.30. The smallest absolute Gasteiger partial charge is 0.356 e. The van der Waals surface area contributed by atoms with Gasteiger partial charge in [0.2, 0.25) is 0 Å². The summed E-state index contributed by atoms with van der Waals surface area (Å²) < 4.78 is 6.45. The number of carbonyl (C=O) groups excluding carboxylic acids is 1. The van der Waals surface area contributed by atoms with Crippen LogP contribution in [0.15, 0.2) is 60.8 Å². The van der Waals surface area contributed by atoms with E-state index in [0.29, 0.717) is 22.1 Å². The lowest BCUT2D eigenvalue weighted by atomic mass is 10.1. The molecule has 0 fully saturated rings. The SMILES string of the molecule is COC(=O)c1cc(-c2ccc(C)cc2)nc2c(-c3ccc(Cl)cc3)cnn12. The minimum atomic E-state index is -0.471. The van der Waals surface area contributed by atoms with E-state index in [9.17, 15) is 4.79 Å². The molecular weight excluding hydrogens is 362 g/mol. The molecule has 0 aliphatic rings. The molecule has 27 heavy (non-hydrogen) atoms. The van der Waals surface area contributed by atoms with Crippen LogP contribution in [0.3, 0.4) is 0 Å². The minimum Gasteiger partial charge on any atom is -0.464 e. The molecule has 0 saturated carbocycles. The van der Waals surface area contributed by atoms with Crippen molar-refractivity contribution in [3.63, 3.8) is 0 Å². The fraction of sp³-hybridized carbons (Fsp3) is 0.0952. The van der Waals surface area contributed by atoms with Crippen molar-refractivity contribution >= 4 is 23.2 Å². The maximum atomic E-state index is 12.3. The zero-order chi connectivity index (χ0) is 19.0. The first-order chi connectivity index (χ1) is 13.1. The van der Waals surface area contributed by atoms with E-state index in [-0.39, 0.29) is 0 Å². The van der Waals surface area contributed by atoms with Crippen LogP contribution in [-0.2, 0) is 4.74 Å². The number of esters is 1. The third-order valence-electron chi connectivity index (χ3n) is 4.37. The number of benzene rings is 2. The Morgan fingerprint density at radius 1 is 1.04 bits per heavy atom. The van der Waals surface area contributed by atoms with Crippen molar-refractivity contribution in [3.05, 3.63) is 77.1 Å². The number of halogens is 1. The van der Waals surface area contributed by atoms with E-state index in [1.54, 1.807) is 12.3 Å². The van der Waals surface area contributed by atoms with Gasteiger partial charge in [-0.05, 0) is 30.7 Å². The van der Waals surface area contributed by atoms with Crippen LogP contribution in [0.2, 0.25) is 5.02 Å². The summed E-state index contributed by atoms with van der Waals surface area (Å²) in [5, 5.41) is 5.01. The molecule has 4 aromatic rings. The van der Waals surface area contributed by atoms with Crippen molar-refractivity contribution in [2.75, 3.05) is 7.11 Å². The van der Waals surface area contributed by atoms with E-state index < -0.39 is 5.97 Å². The van der Waals surface area contributed by atoms with Crippen LogP contribution in [0.4, 0.5) is 0 Å². The molecule has 0 N–H and O–H groups in total. The molecule has 0 aliphatic heterocycles. The van der Waals surface area contributed by atoms with Crippen LogP contribution >= 0.6 is 11.6 Å². The van der Waals surface area contributed by atoms with E-state index in [0.717, 1.165) is 22.3 Å². The number of methoxy groups -OCH3 is 1. The molecule has 134 valence electrons. The lowest BCUT2D eigenvalue weighted by Gasteiger charge is -2.08. The largest absolute Gasteiger partial charge is 0.464 e. The van der Waals surface area contributed by atoms with Gasteiger partial charge in [-0.3, -0.25) is 0 Å². The lowest BCUT2D eigenvalue weighted by molar-refractivity contribution is 0.0590. The highest BCUT2D eigenvalue weighted by atomic mass is 35.5. The first-order valence-corrected chi connectivity index (χ1v) is 8.74. The Morgan fingerprint density at radius 2 is 1.70 bits per heavy atom. The second kappa shape index (κ2) is 6.85. The second-order valence-corrected chi connectivity index (χ2v) is 6.62. The summed E-state index contributed by atoms with van der Waals surface area (Å²) in [6.45, 7) is 2.02. The maximum absolute atomic E-state index is 12.3. The van der Waals surface area contributed by atoms with E-state index >= 15 is 0 Å². The summed E-state index contributed by atoms with van der Waals surface area (Å²) in [6, 6.07) is 17.1. The topological polar surface area (TPSA) is 56.5 Å². The van der Waals surface area contributed by atoms with Gasteiger partial charge in [-0.25, -0.2) is 14.3 Å². The van der Waals surface area contributed by atoms with Crippen LogP contribution in [0.1, 0.15) is 16.1 Å². The number of nitrogens with zero attached hydrogens (tertiary/aromatic N) is 3. The Labute approximate surface area is 161 Å². The lowest BCUT2D eigenvalue weighted by Crippen LogP contribution is -2.10. The van der Waals surface area contributed by atoms with Gasteiger partial charge in [0.15, 0.2) is 11.3 Å². The molecule has 0 amide bonds. The number of rotatable bonds is 3. The predicted octanol–water partition coefficient (Wildman–Crippen LogP) is 4.81. The van der Waals surface area contributed by atoms with Crippen molar-refractivity contribution in [3.8, 4) is 22.4 Å². The van der Waals surface area contributed by atoms with Gasteiger partial charge < -0.3 is 4.74 Å². The van der Waals surface area contributed by atoms with Gasteiger partial charge >= 0.3 is 5.97 Å². The van der Waals surface area contributed by atoms with Gasteiger partial charge in [-0.15, -0.1) is 0 Å². The number of hydrogen-bond acceptors (Lipinski definition) is 4. The monoisotopic (exact) mass is 377 g/mol. The third kappa shape index (κ3) is 3.17. The van der Waals surface area contributed by atoms with Gasteiger partial charge in [-0.1, -0.05) is 53.6 Å². The molecule has 0 spiro atoms. The van der Waals surface area contributed by atoms with Crippen LogP contribution in [-0.4, -0.2) is 27.7 Å². The Morgan fingerprint density at radius 3 is 2.37 bits per heavy atom. The average molecular weight is 378 g/mol. The van der Waals surface area contributed by atoms with E-state index in [4.69, 9.17) is 21.3 Å². The molecule has 0 aliphatic carbocycles. The molecule has 4 rings (SSSR count). The van der Waals surface area contributed by atoms with Crippen molar-refractivity contribution < 1.29 is 9.53 Å². The molecular formula is C21H16ClN3O2. The first-order valence-electron chi connectivity index (χ1n) is 8.37.